The summed E-state index contributed by atoms with van der Waals surface area (Å²) in [6.45, 7) is 3.46. The van der Waals surface area contributed by atoms with Crippen molar-refractivity contribution in [1.82, 2.24) is 0 Å². The molecule has 0 heterocycles. The van der Waals surface area contributed by atoms with Gasteiger partial charge in [0.25, 0.3) is 0 Å². The van der Waals surface area contributed by atoms with Crippen LogP contribution in [-0.4, -0.2) is 30.6 Å². The molecular formula is C14H22N2O2S. The van der Waals surface area contributed by atoms with E-state index in [1.807, 2.05) is 24.3 Å². The van der Waals surface area contributed by atoms with Gasteiger partial charge in [-0.15, -0.1) is 0 Å². The maximum absolute atomic E-state index is 11.6. The minimum atomic E-state index is -0.00176. The van der Waals surface area contributed by atoms with Gasteiger partial charge >= 0.3 is 0 Å². The first kappa shape index (κ1) is 15.9. The fourth-order valence-electron chi connectivity index (χ4n) is 1.41. The van der Waals surface area contributed by atoms with Gasteiger partial charge < -0.3 is 15.8 Å². The van der Waals surface area contributed by atoms with Crippen LogP contribution in [-0.2, 0) is 4.79 Å². The zero-order valence-electron chi connectivity index (χ0n) is 11.4. The molecule has 0 unspecified atom stereocenters. The average molecular weight is 282 g/mol. The van der Waals surface area contributed by atoms with E-state index in [0.29, 0.717) is 12.3 Å². The number of benzene rings is 1. The molecule has 0 fully saturated rings. The quantitative estimate of drug-likeness (QED) is 0.683. The van der Waals surface area contributed by atoms with E-state index in [9.17, 15) is 4.79 Å². The molecule has 1 rings (SSSR count). The number of thioether (sulfide) groups is 1. The second kappa shape index (κ2) is 9.69. The largest absolute Gasteiger partial charge is 0.494 e. The zero-order chi connectivity index (χ0) is 13.9. The summed E-state index contributed by atoms with van der Waals surface area (Å²) in [4.78, 5) is 11.6. The Balaban J connectivity index is 2.32. The maximum Gasteiger partial charge on any atom is 0.234 e. The molecule has 1 aromatic rings. The van der Waals surface area contributed by atoms with Gasteiger partial charge in [-0.05, 0) is 30.7 Å². The van der Waals surface area contributed by atoms with E-state index in [0.717, 1.165) is 36.6 Å². The first-order valence-corrected chi connectivity index (χ1v) is 7.72. The van der Waals surface area contributed by atoms with E-state index in [1.165, 1.54) is 11.8 Å². The van der Waals surface area contributed by atoms with Gasteiger partial charge in [-0.25, -0.2) is 0 Å². The van der Waals surface area contributed by atoms with E-state index >= 15 is 0 Å². The Kier molecular flexibility index (Phi) is 8.09. The van der Waals surface area contributed by atoms with Crippen LogP contribution in [0.25, 0.3) is 0 Å². The molecule has 1 amide bonds. The van der Waals surface area contributed by atoms with Crippen LogP contribution in [0.2, 0.25) is 0 Å². The topological polar surface area (TPSA) is 64.3 Å². The molecule has 0 saturated carbocycles. The number of hydrogen-bond donors (Lipinski definition) is 2. The lowest BCUT2D eigenvalue weighted by molar-refractivity contribution is -0.113. The third-order valence-electron chi connectivity index (χ3n) is 2.40. The maximum atomic E-state index is 11.6. The second-order valence-corrected chi connectivity index (χ2v) is 5.22. The van der Waals surface area contributed by atoms with Crippen LogP contribution in [0.4, 0.5) is 5.69 Å². The first-order chi connectivity index (χ1) is 9.26. The summed E-state index contributed by atoms with van der Waals surface area (Å²) in [5, 5.41) is 2.84. The van der Waals surface area contributed by atoms with Crippen molar-refractivity contribution in [3.05, 3.63) is 24.3 Å². The van der Waals surface area contributed by atoms with Gasteiger partial charge in [-0.1, -0.05) is 13.3 Å². The molecule has 0 aliphatic carbocycles. The van der Waals surface area contributed by atoms with Crippen LogP contribution >= 0.6 is 11.8 Å². The fourth-order valence-corrected chi connectivity index (χ4v) is 1.98. The lowest BCUT2D eigenvalue weighted by Gasteiger charge is -2.08. The van der Waals surface area contributed by atoms with Crippen molar-refractivity contribution in [3.8, 4) is 5.75 Å². The minimum absolute atomic E-state index is 0.00176. The molecule has 0 spiro atoms. The molecule has 0 radical (unpaired) electrons. The van der Waals surface area contributed by atoms with Gasteiger partial charge in [0.1, 0.15) is 5.75 Å². The Morgan fingerprint density at radius 3 is 2.74 bits per heavy atom. The van der Waals surface area contributed by atoms with Gasteiger partial charge in [0.2, 0.25) is 5.91 Å². The molecule has 4 nitrogen and oxygen atoms in total. The van der Waals surface area contributed by atoms with Crippen LogP contribution in [0.5, 0.6) is 5.75 Å². The zero-order valence-corrected chi connectivity index (χ0v) is 12.2. The van der Waals surface area contributed by atoms with Crippen molar-refractivity contribution in [2.75, 3.05) is 30.0 Å². The average Bonchev–Trinajstić information content (AvgIpc) is 2.41. The Morgan fingerprint density at radius 1 is 1.37 bits per heavy atom. The Morgan fingerprint density at radius 2 is 2.11 bits per heavy atom. The van der Waals surface area contributed by atoms with Gasteiger partial charge in [0.15, 0.2) is 0 Å². The summed E-state index contributed by atoms with van der Waals surface area (Å²) in [6.07, 6.45) is 2.17. The molecule has 19 heavy (non-hydrogen) atoms. The van der Waals surface area contributed by atoms with E-state index in [-0.39, 0.29) is 5.91 Å². The van der Waals surface area contributed by atoms with Crippen molar-refractivity contribution in [1.29, 1.82) is 0 Å². The molecule has 1 aromatic carbocycles. The number of nitrogens with two attached hydrogens (primary N) is 1. The van der Waals surface area contributed by atoms with Gasteiger partial charge in [-0.3, -0.25) is 4.79 Å². The predicted molar refractivity (Wildman–Crippen MR) is 81.9 cm³/mol. The van der Waals surface area contributed by atoms with Crippen LogP contribution in [0, 0.1) is 0 Å². The molecule has 5 heteroatoms. The van der Waals surface area contributed by atoms with E-state index in [2.05, 4.69) is 12.2 Å². The highest BCUT2D eigenvalue weighted by Crippen LogP contribution is 2.16. The molecule has 0 saturated heterocycles. The van der Waals surface area contributed by atoms with E-state index < -0.39 is 0 Å². The minimum Gasteiger partial charge on any atom is -0.494 e. The Labute approximate surface area is 119 Å². The summed E-state index contributed by atoms with van der Waals surface area (Å²) < 4.78 is 5.56. The molecule has 3 N–H and O–H groups in total. The lowest BCUT2D eigenvalue weighted by atomic mass is 10.3. The summed E-state index contributed by atoms with van der Waals surface area (Å²) in [6, 6.07) is 7.45. The summed E-state index contributed by atoms with van der Waals surface area (Å²) in [5.41, 5.74) is 6.16. The second-order valence-electron chi connectivity index (χ2n) is 4.12. The number of amides is 1. The van der Waals surface area contributed by atoms with Crippen molar-refractivity contribution >= 4 is 23.4 Å². The number of ether oxygens (including phenoxy) is 1. The number of rotatable bonds is 9. The monoisotopic (exact) mass is 282 g/mol. The van der Waals surface area contributed by atoms with Crippen LogP contribution in [0.15, 0.2) is 24.3 Å². The lowest BCUT2D eigenvalue weighted by Crippen LogP contribution is -2.15. The number of unbranched alkanes of at least 4 members (excludes halogenated alkanes) is 1. The highest BCUT2D eigenvalue weighted by molar-refractivity contribution is 7.99. The molecule has 0 aliphatic rings. The van der Waals surface area contributed by atoms with Gasteiger partial charge in [-0.2, -0.15) is 11.8 Å². The molecule has 0 aliphatic heterocycles. The van der Waals surface area contributed by atoms with Crippen molar-refractivity contribution in [2.45, 2.75) is 19.8 Å². The summed E-state index contributed by atoms with van der Waals surface area (Å²) >= 11 is 1.54. The highest BCUT2D eigenvalue weighted by Gasteiger charge is 2.02. The first-order valence-electron chi connectivity index (χ1n) is 6.56. The SMILES string of the molecule is CCCCOc1ccc(NC(=O)CSCCN)cc1. The molecule has 0 aromatic heterocycles. The predicted octanol–water partition coefficient (Wildman–Crippen LogP) is 2.50. The van der Waals surface area contributed by atoms with Crippen molar-refractivity contribution in [3.63, 3.8) is 0 Å². The van der Waals surface area contributed by atoms with Gasteiger partial charge in [0, 0.05) is 18.0 Å². The third kappa shape index (κ3) is 7.08. The number of hydrogen-bond acceptors (Lipinski definition) is 4. The van der Waals surface area contributed by atoms with Gasteiger partial charge in [0.05, 0.1) is 12.4 Å². The highest BCUT2D eigenvalue weighted by atomic mass is 32.2. The number of carbonyl (C=O) groups is 1. The number of carbonyl (C=O) groups excluding carboxylic acids is 1. The smallest absolute Gasteiger partial charge is 0.234 e. The molecule has 0 bridgehead atoms. The van der Waals surface area contributed by atoms with Crippen molar-refractivity contribution < 1.29 is 9.53 Å². The molecule has 0 atom stereocenters. The molecular weight excluding hydrogens is 260 g/mol. The fraction of sp³-hybridized carbons (Fsp3) is 0.500. The van der Waals surface area contributed by atoms with Crippen LogP contribution in [0.1, 0.15) is 19.8 Å². The third-order valence-corrected chi connectivity index (χ3v) is 3.39. The van der Waals surface area contributed by atoms with Crippen molar-refractivity contribution in [2.24, 2.45) is 5.73 Å². The van der Waals surface area contributed by atoms with E-state index in [1.54, 1.807) is 0 Å². The van der Waals surface area contributed by atoms with Crippen LogP contribution in [0.3, 0.4) is 0 Å². The van der Waals surface area contributed by atoms with E-state index in [4.69, 9.17) is 10.5 Å². The summed E-state index contributed by atoms with van der Waals surface area (Å²) in [5.74, 6) is 2.07. The normalized spacial score (nSPS) is 10.2. The number of nitrogens with one attached hydrogen (secondary N) is 1. The Hall–Kier alpha value is -1.20. The molecule has 106 valence electrons. The van der Waals surface area contributed by atoms with Crippen LogP contribution < -0.4 is 15.8 Å². The Bertz CT molecular complexity index is 368. The number of anilines is 1. The standard InChI is InChI=1S/C14H22N2O2S/c1-2-3-9-18-13-6-4-12(5-7-13)16-14(17)11-19-10-8-15/h4-7H,2-3,8-11,15H2,1H3,(H,16,17). The summed E-state index contributed by atoms with van der Waals surface area (Å²) in [7, 11) is 0.